The number of aliphatic hydroxyl groups excluding tert-OH is 12. The number of cyclic esters (lactones) is 1. The van der Waals surface area contributed by atoms with E-state index in [4.69, 9.17) is 25.7 Å². The van der Waals surface area contributed by atoms with Crippen molar-refractivity contribution in [3.05, 3.63) is 47.6 Å². The number of aliphatic hydroxyl groups is 13. The number of hydrogen-bond acceptors (Lipinski definition) is 20. The maximum absolute atomic E-state index is 13.9. The van der Waals surface area contributed by atoms with Gasteiger partial charge in [0.15, 0.2) is 11.7 Å². The fourth-order valence-corrected chi connectivity index (χ4v) is 10.9. The van der Waals surface area contributed by atoms with Crippen LogP contribution < -0.4 is 11.5 Å². The summed E-state index contributed by atoms with van der Waals surface area (Å²) in [4.78, 5) is 42.0. The fraction of sp³-hybridized carbons (Fsp3) is 0.803. The Morgan fingerprint density at radius 3 is 1.99 bits per heavy atom. The zero-order valence-electron chi connectivity index (χ0n) is 51.0. The second-order valence-electron chi connectivity index (χ2n) is 24.6. The van der Waals surface area contributed by atoms with Gasteiger partial charge in [0.25, 0.3) is 0 Å². The molecule has 486 valence electrons. The highest BCUT2D eigenvalue weighted by Gasteiger charge is 2.50. The van der Waals surface area contributed by atoms with E-state index >= 15 is 0 Å². The lowest BCUT2D eigenvalue weighted by Crippen LogP contribution is -2.60. The number of carbonyl (C=O) groups is 3. The number of allylic oxidation sites excluding steroid dienone is 4. The summed E-state index contributed by atoms with van der Waals surface area (Å²) in [5.41, 5.74) is 12.3. The number of nitrogens with two attached hydrogens (primary N) is 2. The molecule has 2 aliphatic rings. The molecule has 2 rings (SSSR count). The lowest BCUT2D eigenvalue weighted by atomic mass is 9.83. The van der Waals surface area contributed by atoms with Gasteiger partial charge in [0.1, 0.15) is 24.7 Å². The highest BCUT2D eigenvalue weighted by molar-refractivity contribution is 5.90. The van der Waals surface area contributed by atoms with Crippen LogP contribution in [-0.4, -0.2) is 199 Å². The van der Waals surface area contributed by atoms with Gasteiger partial charge in [-0.05, 0) is 102 Å². The summed E-state index contributed by atoms with van der Waals surface area (Å²) >= 11 is 0. The van der Waals surface area contributed by atoms with Crippen LogP contribution in [0.25, 0.3) is 0 Å². The Labute approximate surface area is 496 Å². The second-order valence-corrected chi connectivity index (χ2v) is 24.6. The first-order chi connectivity index (χ1) is 39.2. The first kappa shape index (κ1) is 76.2. The molecule has 0 aliphatic carbocycles. The molecule has 0 aromatic rings. The van der Waals surface area contributed by atoms with Crippen LogP contribution in [0.4, 0.5) is 0 Å². The molecule has 23 heteroatoms. The van der Waals surface area contributed by atoms with E-state index in [1.807, 2.05) is 20.8 Å². The largest absolute Gasteiger partial charge is 0.481 e. The zero-order valence-corrected chi connectivity index (χ0v) is 51.0. The van der Waals surface area contributed by atoms with Crippen molar-refractivity contribution in [1.82, 2.24) is 0 Å². The van der Waals surface area contributed by atoms with Gasteiger partial charge in [-0.3, -0.25) is 19.4 Å². The minimum atomic E-state index is -2.58. The predicted octanol–water partition coefficient (Wildman–Crippen LogP) is 2.30. The first-order valence-electron chi connectivity index (χ1n) is 30.1. The molecule has 0 saturated carbocycles. The van der Waals surface area contributed by atoms with Crippen molar-refractivity contribution in [1.29, 1.82) is 0 Å². The summed E-state index contributed by atoms with van der Waals surface area (Å²) in [5, 5.41) is 154. The van der Waals surface area contributed by atoms with Crippen molar-refractivity contribution in [3.8, 4) is 0 Å². The van der Waals surface area contributed by atoms with Crippen molar-refractivity contribution >= 4 is 23.9 Å². The van der Waals surface area contributed by atoms with Crippen LogP contribution in [0.5, 0.6) is 0 Å². The number of carboxylic acids is 1. The lowest BCUT2D eigenvalue weighted by molar-refractivity contribution is -0.333. The SMILES string of the molecule is C/C(=C\CCCCCN=C(N)N)C[C@@H](C)[C@H]1OC(=O)[C@H](C)[C@H](O)/C(C)=C/C[C@H](O)[C@H](C)[C@H](O)C[C@H](O)[C@H](C)[C@@H](O)CC[C@@H](C)[C@H](O)C[C@@]2(O)O[C@H](C[C@H](OC(=O)CC(=O)O)C[C@H](O)C[C@@H](O)C[C@H](O)[C@H](C)[C@H](O)/C=C/C=C/[C@H]1C)C[C@@H](O)[C@H]2O. The molecule has 0 unspecified atom stereocenters. The molecule has 23 atom stereocenters. The summed E-state index contributed by atoms with van der Waals surface area (Å²) in [6.07, 6.45) is -8.86. The highest BCUT2D eigenvalue weighted by Crippen LogP contribution is 2.37. The van der Waals surface area contributed by atoms with Gasteiger partial charge in [0, 0.05) is 55.9 Å². The molecule has 2 heterocycles. The van der Waals surface area contributed by atoms with Gasteiger partial charge >= 0.3 is 17.9 Å². The molecule has 0 radical (unpaired) electrons. The van der Waals surface area contributed by atoms with Crippen LogP contribution >= 0.6 is 0 Å². The van der Waals surface area contributed by atoms with Gasteiger partial charge in [-0.2, -0.15) is 0 Å². The molecule has 2 bridgehead atoms. The molecular formula is C61H107N3O20. The van der Waals surface area contributed by atoms with Crippen LogP contribution in [0.3, 0.4) is 0 Å². The smallest absolute Gasteiger partial charge is 0.317 e. The normalized spacial score (nSPS) is 39.8. The highest BCUT2D eigenvalue weighted by atomic mass is 16.7. The van der Waals surface area contributed by atoms with Crippen LogP contribution in [0.1, 0.15) is 165 Å². The van der Waals surface area contributed by atoms with Gasteiger partial charge in [-0.25, -0.2) is 0 Å². The summed E-state index contributed by atoms with van der Waals surface area (Å²) in [5.74, 6) is -10.6. The molecule has 0 aromatic heterocycles. The molecule has 84 heavy (non-hydrogen) atoms. The molecule has 2 aliphatic heterocycles. The Balaban J connectivity index is 2.50. The van der Waals surface area contributed by atoms with E-state index in [0.29, 0.717) is 18.5 Å². The van der Waals surface area contributed by atoms with E-state index in [-0.39, 0.29) is 63.2 Å². The average Bonchev–Trinajstić information content (AvgIpc) is 3.57. The minimum absolute atomic E-state index is 0.0197. The van der Waals surface area contributed by atoms with E-state index in [1.165, 1.54) is 13.0 Å². The number of ether oxygens (including phenoxy) is 3. The maximum Gasteiger partial charge on any atom is 0.317 e. The second kappa shape index (κ2) is 37.7. The number of nitrogens with zero attached hydrogens (tertiary/aromatic N) is 1. The minimum Gasteiger partial charge on any atom is -0.481 e. The summed E-state index contributed by atoms with van der Waals surface area (Å²) in [7, 11) is 0. The van der Waals surface area contributed by atoms with Crippen molar-refractivity contribution in [2.45, 2.75) is 262 Å². The summed E-state index contributed by atoms with van der Waals surface area (Å²) < 4.78 is 17.5. The van der Waals surface area contributed by atoms with Gasteiger partial charge in [0.2, 0.25) is 0 Å². The number of esters is 2. The molecule has 1 fully saturated rings. The van der Waals surface area contributed by atoms with Gasteiger partial charge < -0.3 is 97.2 Å². The Kier molecular flexibility index (Phi) is 34.2. The van der Waals surface area contributed by atoms with E-state index in [9.17, 15) is 85.9 Å². The quantitative estimate of drug-likeness (QED) is 0.0333. The number of guanidine groups is 1. The number of carbonyl (C=O) groups excluding carboxylic acids is 2. The monoisotopic (exact) mass is 1200 g/mol. The third kappa shape index (κ3) is 27.0. The number of unbranched alkanes of at least 4 members (excludes halogenated alkanes) is 3. The van der Waals surface area contributed by atoms with Crippen LogP contribution in [0.2, 0.25) is 0 Å². The predicted molar refractivity (Wildman–Crippen MR) is 314 cm³/mol. The van der Waals surface area contributed by atoms with Crippen LogP contribution in [0.15, 0.2) is 52.6 Å². The molecule has 0 amide bonds. The first-order valence-corrected chi connectivity index (χ1v) is 30.1. The topological polar surface area (TPSA) is 427 Å². The zero-order chi connectivity index (χ0) is 63.8. The lowest BCUT2D eigenvalue weighted by Gasteiger charge is -2.45. The van der Waals surface area contributed by atoms with Crippen LogP contribution in [0, 0.1) is 41.4 Å². The van der Waals surface area contributed by atoms with E-state index in [0.717, 1.165) is 31.3 Å². The number of fused-ring (bicyclic) bond motifs is 2. The number of hydrogen-bond donors (Lipinski definition) is 16. The average molecular weight is 1200 g/mol. The van der Waals surface area contributed by atoms with E-state index in [1.54, 1.807) is 58.9 Å². The van der Waals surface area contributed by atoms with Gasteiger partial charge in [-0.1, -0.05) is 90.0 Å². The molecule has 0 spiro atoms. The van der Waals surface area contributed by atoms with Crippen molar-refractivity contribution in [2.75, 3.05) is 6.54 Å². The van der Waals surface area contributed by atoms with Crippen molar-refractivity contribution < 1.29 is 100 Å². The van der Waals surface area contributed by atoms with Crippen LogP contribution in [-0.2, 0) is 28.6 Å². The standard InChI is InChI=1S/C61H107N3O20/c1-33(16-12-10-11-15-23-64-60(62)63)24-37(5)57-36(4)17-13-14-18-46(67)38(6)49(70)27-43(66)25-42(65)26-44(82-55(77)31-54(75)76)28-45-29-52(73)58(79)61(81,84-45)32-53(74)34(2)19-21-47(68)39(7)50(71)30-51(72)40(8)48(69)22-20-35(3)56(78)41(9)59(80)83-57/h13-14,16-18,20,34,36-53,56-58,65-74,78-79,81H,10-12,15,19,21-32H2,1-9H3,(H,75,76)(H4,62,63,64)/b17-13+,18-14+,33-16+,35-20+/t34-,36-,37-,38-,39-,40+,41-,42-,43-,44-,45-,46-,47+,48+,49+,50+,51-,52-,53-,56-,57+,58-,61-/m1/s1. The van der Waals surface area contributed by atoms with E-state index < -0.39 is 170 Å². The Bertz CT molecular complexity index is 2110. The number of aliphatic imine (C=N–C) groups is 1. The molecule has 23 nitrogen and oxygen atoms in total. The Morgan fingerprint density at radius 1 is 0.750 bits per heavy atom. The number of aliphatic carboxylic acids is 1. The summed E-state index contributed by atoms with van der Waals surface area (Å²) in [6, 6.07) is 0. The fourth-order valence-electron chi connectivity index (χ4n) is 10.9. The maximum atomic E-state index is 13.9. The Hall–Kier alpha value is -3.92. The number of carboxylic acid groups (broad SMARTS) is 1. The summed E-state index contributed by atoms with van der Waals surface area (Å²) in [6.45, 7) is 15.9. The number of rotatable bonds is 12. The Morgan fingerprint density at radius 2 is 1.36 bits per heavy atom. The van der Waals surface area contributed by atoms with Crippen molar-refractivity contribution in [2.24, 2.45) is 57.9 Å². The van der Waals surface area contributed by atoms with Gasteiger partial charge in [0.05, 0.1) is 79.2 Å². The molecule has 1 saturated heterocycles. The third-order valence-electron chi connectivity index (χ3n) is 17.0. The molecule has 0 aromatic carbocycles. The molecule has 18 N–H and O–H groups in total. The van der Waals surface area contributed by atoms with Gasteiger partial charge in [-0.15, -0.1) is 0 Å². The third-order valence-corrected chi connectivity index (χ3v) is 17.0. The van der Waals surface area contributed by atoms with E-state index in [2.05, 4.69) is 11.1 Å². The van der Waals surface area contributed by atoms with Crippen molar-refractivity contribution in [3.63, 3.8) is 0 Å². The molecular weight excluding hydrogens is 1090 g/mol.